The monoisotopic (exact) mass is 280 g/mol. The minimum Gasteiger partial charge on any atom is -0.327 e. The minimum absolute atomic E-state index is 0.153. The molecule has 19 heavy (non-hydrogen) atoms. The fraction of sp³-hybridized carbons (Fsp3) is 0.214. The highest BCUT2D eigenvalue weighted by molar-refractivity contribution is 7.99. The average Bonchev–Trinajstić information content (AvgIpc) is 2.40. The average molecular weight is 280 g/mol. The lowest BCUT2D eigenvalue weighted by molar-refractivity contribution is 0.576. The molecule has 1 aromatic carbocycles. The minimum atomic E-state index is -0.456. The van der Waals surface area contributed by atoms with Gasteiger partial charge in [0.2, 0.25) is 0 Å². The van der Waals surface area contributed by atoms with Crippen LogP contribution in [-0.4, -0.2) is 11.0 Å². The summed E-state index contributed by atoms with van der Waals surface area (Å²) in [6, 6.07) is 6.89. The molecule has 0 fully saturated rings. The van der Waals surface area contributed by atoms with Crippen molar-refractivity contribution in [3.63, 3.8) is 0 Å². The molecule has 0 radical (unpaired) electrons. The van der Waals surface area contributed by atoms with Gasteiger partial charge in [0.25, 0.3) is 0 Å². The Morgan fingerprint density at radius 2 is 1.84 bits per heavy atom. The van der Waals surface area contributed by atoms with E-state index in [0.717, 1.165) is 17.7 Å². The Hall–Kier alpha value is -1.46. The van der Waals surface area contributed by atoms with Gasteiger partial charge in [-0.2, -0.15) is 0 Å². The summed E-state index contributed by atoms with van der Waals surface area (Å²) in [6.07, 6.45) is 3.32. The van der Waals surface area contributed by atoms with Gasteiger partial charge in [0.1, 0.15) is 11.6 Å². The van der Waals surface area contributed by atoms with Gasteiger partial charge in [-0.1, -0.05) is 0 Å². The molecule has 2 rings (SSSR count). The first kappa shape index (κ1) is 14.0. The lowest BCUT2D eigenvalue weighted by atomic mass is 10.1. The van der Waals surface area contributed by atoms with E-state index in [1.807, 2.05) is 19.1 Å². The molecule has 0 bridgehead atoms. The lowest BCUT2D eigenvalue weighted by Crippen LogP contribution is -2.22. The summed E-state index contributed by atoms with van der Waals surface area (Å²) in [7, 11) is 0. The third-order valence-electron chi connectivity index (χ3n) is 2.66. The quantitative estimate of drug-likeness (QED) is 0.871. The number of aromatic nitrogens is 1. The van der Waals surface area contributed by atoms with Crippen molar-refractivity contribution in [2.24, 2.45) is 5.73 Å². The van der Waals surface area contributed by atoms with Gasteiger partial charge in [0.05, 0.1) is 0 Å². The first-order chi connectivity index (χ1) is 9.08. The van der Waals surface area contributed by atoms with Gasteiger partial charge in [-0.05, 0) is 42.8 Å². The highest BCUT2D eigenvalue weighted by atomic mass is 32.2. The summed E-state index contributed by atoms with van der Waals surface area (Å²) in [5.74, 6) is -0.895. The second kappa shape index (κ2) is 6.12. The van der Waals surface area contributed by atoms with Crippen LogP contribution in [0.5, 0.6) is 0 Å². The second-order valence-corrected chi connectivity index (χ2v) is 5.44. The van der Waals surface area contributed by atoms with Crippen molar-refractivity contribution >= 4 is 11.8 Å². The van der Waals surface area contributed by atoms with Gasteiger partial charge in [0, 0.05) is 28.6 Å². The fourth-order valence-corrected chi connectivity index (χ4v) is 2.88. The zero-order valence-electron chi connectivity index (χ0n) is 10.4. The van der Waals surface area contributed by atoms with Crippen LogP contribution in [0.2, 0.25) is 0 Å². The molecule has 1 heterocycles. The maximum atomic E-state index is 13.7. The third-order valence-corrected chi connectivity index (χ3v) is 4.18. The molecular formula is C14H14F2N2S. The lowest BCUT2D eigenvalue weighted by Gasteiger charge is -2.20. The number of halogens is 2. The van der Waals surface area contributed by atoms with Crippen LogP contribution in [0.25, 0.3) is 0 Å². The van der Waals surface area contributed by atoms with E-state index in [0.29, 0.717) is 0 Å². The Kier molecular flexibility index (Phi) is 4.50. The van der Waals surface area contributed by atoms with Crippen LogP contribution in [0.4, 0.5) is 8.78 Å². The normalized spacial score (nSPS) is 14.1. The van der Waals surface area contributed by atoms with E-state index in [2.05, 4.69) is 4.98 Å². The predicted molar refractivity (Wildman–Crippen MR) is 72.8 cm³/mol. The highest BCUT2D eigenvalue weighted by Crippen LogP contribution is 2.38. The zero-order chi connectivity index (χ0) is 13.8. The fourth-order valence-electron chi connectivity index (χ4n) is 1.74. The van der Waals surface area contributed by atoms with Crippen molar-refractivity contribution in [3.8, 4) is 0 Å². The van der Waals surface area contributed by atoms with Crippen LogP contribution >= 0.6 is 11.8 Å². The van der Waals surface area contributed by atoms with Crippen molar-refractivity contribution in [1.82, 2.24) is 4.98 Å². The summed E-state index contributed by atoms with van der Waals surface area (Å²) in [5.41, 5.74) is 6.89. The van der Waals surface area contributed by atoms with Crippen molar-refractivity contribution < 1.29 is 8.78 Å². The van der Waals surface area contributed by atoms with Gasteiger partial charge in [-0.25, -0.2) is 8.78 Å². The molecule has 2 N–H and O–H groups in total. The van der Waals surface area contributed by atoms with Crippen LogP contribution in [0, 0.1) is 11.6 Å². The molecule has 0 saturated heterocycles. The van der Waals surface area contributed by atoms with E-state index in [-0.39, 0.29) is 16.2 Å². The molecule has 1 aromatic heterocycles. The van der Waals surface area contributed by atoms with E-state index >= 15 is 0 Å². The van der Waals surface area contributed by atoms with E-state index in [9.17, 15) is 8.78 Å². The van der Waals surface area contributed by atoms with Gasteiger partial charge < -0.3 is 5.73 Å². The summed E-state index contributed by atoms with van der Waals surface area (Å²) >= 11 is 1.22. The van der Waals surface area contributed by atoms with Crippen LogP contribution in [0.3, 0.4) is 0 Å². The molecular weight excluding hydrogens is 266 g/mol. The van der Waals surface area contributed by atoms with E-state index in [4.69, 9.17) is 5.73 Å². The SMILES string of the molecule is CC(N)C(Sc1cc(F)ccc1F)c1ccncc1. The van der Waals surface area contributed by atoms with E-state index < -0.39 is 11.6 Å². The van der Waals surface area contributed by atoms with Gasteiger partial charge in [-0.3, -0.25) is 4.98 Å². The Balaban J connectivity index is 2.29. The Morgan fingerprint density at radius 1 is 1.16 bits per heavy atom. The molecule has 100 valence electrons. The maximum absolute atomic E-state index is 13.7. The summed E-state index contributed by atoms with van der Waals surface area (Å²) < 4.78 is 26.8. The van der Waals surface area contributed by atoms with Crippen LogP contribution in [0.15, 0.2) is 47.6 Å². The molecule has 2 nitrogen and oxygen atoms in total. The Bertz CT molecular complexity index is 546. The summed E-state index contributed by atoms with van der Waals surface area (Å²) in [5, 5.41) is -0.153. The number of rotatable bonds is 4. The number of nitrogens with two attached hydrogens (primary N) is 1. The number of thioether (sulfide) groups is 1. The van der Waals surface area contributed by atoms with Crippen molar-refractivity contribution in [2.75, 3.05) is 0 Å². The number of pyridine rings is 1. The first-order valence-corrected chi connectivity index (χ1v) is 6.73. The van der Waals surface area contributed by atoms with Crippen LogP contribution in [0.1, 0.15) is 17.7 Å². The zero-order valence-corrected chi connectivity index (χ0v) is 11.2. The smallest absolute Gasteiger partial charge is 0.136 e. The van der Waals surface area contributed by atoms with Gasteiger partial charge in [-0.15, -0.1) is 11.8 Å². The third kappa shape index (κ3) is 3.52. The molecule has 0 saturated carbocycles. The first-order valence-electron chi connectivity index (χ1n) is 5.85. The summed E-state index contributed by atoms with van der Waals surface area (Å²) in [6.45, 7) is 1.84. The number of nitrogens with zero attached hydrogens (tertiary/aromatic N) is 1. The van der Waals surface area contributed by atoms with E-state index in [1.165, 1.54) is 17.8 Å². The molecule has 0 aliphatic heterocycles. The topological polar surface area (TPSA) is 38.9 Å². The largest absolute Gasteiger partial charge is 0.327 e. The van der Waals surface area contributed by atoms with Crippen molar-refractivity contribution in [3.05, 3.63) is 59.9 Å². The molecule has 0 aliphatic carbocycles. The van der Waals surface area contributed by atoms with Crippen LogP contribution < -0.4 is 5.73 Å². The maximum Gasteiger partial charge on any atom is 0.136 e. The van der Waals surface area contributed by atoms with Crippen LogP contribution in [-0.2, 0) is 0 Å². The van der Waals surface area contributed by atoms with E-state index in [1.54, 1.807) is 12.4 Å². The molecule has 2 atom stereocenters. The summed E-state index contributed by atoms with van der Waals surface area (Å²) in [4.78, 5) is 4.20. The Labute approximate surface area is 115 Å². The number of hydrogen-bond acceptors (Lipinski definition) is 3. The molecule has 5 heteroatoms. The predicted octanol–water partition coefficient (Wildman–Crippen LogP) is 3.54. The molecule has 2 unspecified atom stereocenters. The number of hydrogen-bond donors (Lipinski definition) is 1. The Morgan fingerprint density at radius 3 is 2.47 bits per heavy atom. The van der Waals surface area contributed by atoms with Crippen molar-refractivity contribution in [2.45, 2.75) is 23.1 Å². The van der Waals surface area contributed by atoms with Gasteiger partial charge >= 0.3 is 0 Å². The van der Waals surface area contributed by atoms with Crippen molar-refractivity contribution in [1.29, 1.82) is 0 Å². The van der Waals surface area contributed by atoms with Gasteiger partial charge in [0.15, 0.2) is 0 Å². The standard InChI is InChI=1S/C14H14F2N2S/c1-9(17)14(10-4-6-18-7-5-10)19-13-8-11(15)2-3-12(13)16/h2-9,14H,17H2,1H3. The number of benzene rings is 1. The molecule has 0 aliphatic rings. The second-order valence-electron chi connectivity index (χ2n) is 4.25. The highest BCUT2D eigenvalue weighted by Gasteiger charge is 2.19. The molecule has 0 spiro atoms. The molecule has 2 aromatic rings. The molecule has 0 amide bonds.